The maximum Gasteiger partial charge on any atom is 0.185 e. The van der Waals surface area contributed by atoms with E-state index in [1.54, 1.807) is 48.5 Å². The summed E-state index contributed by atoms with van der Waals surface area (Å²) in [6.07, 6.45) is 3.89. The van der Waals surface area contributed by atoms with Gasteiger partial charge in [0.2, 0.25) is 0 Å². The number of para-hydroxylation sites is 1. The van der Waals surface area contributed by atoms with Crippen LogP contribution in [0.4, 0.5) is 5.69 Å². The Labute approximate surface area is 225 Å². The zero-order valence-electron chi connectivity index (χ0n) is 20.3. The third kappa shape index (κ3) is 2.95. The second-order valence-electron chi connectivity index (χ2n) is 10.1. The van der Waals surface area contributed by atoms with Gasteiger partial charge in [0, 0.05) is 33.3 Å². The highest BCUT2D eigenvalue weighted by Gasteiger charge is 2.71. The van der Waals surface area contributed by atoms with Crippen molar-refractivity contribution in [3.63, 3.8) is 0 Å². The van der Waals surface area contributed by atoms with Crippen LogP contribution in [0.15, 0.2) is 109 Å². The topological polar surface area (TPSA) is 54.5 Å². The summed E-state index contributed by atoms with van der Waals surface area (Å²) < 4.78 is 0. The van der Waals surface area contributed by atoms with Crippen LogP contribution in [0, 0.1) is 5.41 Å². The molecule has 3 unspecified atom stereocenters. The first-order valence-corrected chi connectivity index (χ1v) is 13.0. The van der Waals surface area contributed by atoms with Crippen LogP contribution in [0.25, 0.3) is 6.08 Å². The average molecular weight is 516 g/mol. The SMILES string of the molecule is O=C(c1ccccc1)C1C(c2cccc(Cl)c2)C2(C(=O)c3ccccc3C2=O)C2C=Cc3ccccc3N12. The van der Waals surface area contributed by atoms with Crippen molar-refractivity contribution in [2.24, 2.45) is 5.41 Å². The quantitative estimate of drug-likeness (QED) is 0.226. The normalized spacial score (nSPS) is 22.3. The Balaban J connectivity index is 1.56. The summed E-state index contributed by atoms with van der Waals surface area (Å²) in [5.74, 6) is -1.39. The summed E-state index contributed by atoms with van der Waals surface area (Å²) >= 11 is 6.48. The van der Waals surface area contributed by atoms with E-state index in [0.717, 1.165) is 11.3 Å². The fourth-order valence-electron chi connectivity index (χ4n) is 6.76. The van der Waals surface area contributed by atoms with E-state index < -0.39 is 23.4 Å². The number of hydrogen-bond acceptors (Lipinski definition) is 4. The summed E-state index contributed by atoms with van der Waals surface area (Å²) in [7, 11) is 0. The predicted octanol–water partition coefficient (Wildman–Crippen LogP) is 6.66. The van der Waals surface area contributed by atoms with Gasteiger partial charge in [-0.1, -0.05) is 109 Å². The Morgan fingerprint density at radius 1 is 0.763 bits per heavy atom. The van der Waals surface area contributed by atoms with E-state index >= 15 is 0 Å². The molecular formula is C33H22ClNO3. The van der Waals surface area contributed by atoms with Gasteiger partial charge in [-0.3, -0.25) is 14.4 Å². The van der Waals surface area contributed by atoms with Crippen molar-refractivity contribution in [3.8, 4) is 0 Å². The van der Waals surface area contributed by atoms with E-state index in [-0.39, 0.29) is 17.3 Å². The van der Waals surface area contributed by atoms with Gasteiger partial charge >= 0.3 is 0 Å². The first-order chi connectivity index (χ1) is 18.5. The molecule has 0 bridgehead atoms. The van der Waals surface area contributed by atoms with Crippen molar-refractivity contribution < 1.29 is 14.4 Å². The van der Waals surface area contributed by atoms with Gasteiger partial charge in [0.1, 0.15) is 11.5 Å². The summed E-state index contributed by atoms with van der Waals surface area (Å²) in [6, 6.07) is 29.7. The number of fused-ring (bicyclic) bond motifs is 5. The van der Waals surface area contributed by atoms with Crippen LogP contribution in [0.3, 0.4) is 0 Å². The van der Waals surface area contributed by atoms with Crippen molar-refractivity contribution in [1.29, 1.82) is 0 Å². The van der Waals surface area contributed by atoms with E-state index in [0.29, 0.717) is 27.3 Å². The fraction of sp³-hybridized carbons (Fsp3) is 0.121. The minimum Gasteiger partial charge on any atom is -0.352 e. The molecule has 2 heterocycles. The lowest BCUT2D eigenvalue weighted by Gasteiger charge is -2.37. The fourth-order valence-corrected chi connectivity index (χ4v) is 6.96. The number of ketones is 3. The van der Waals surface area contributed by atoms with Gasteiger partial charge in [0.25, 0.3) is 0 Å². The number of nitrogens with zero attached hydrogens (tertiary/aromatic N) is 1. The lowest BCUT2D eigenvalue weighted by Crippen LogP contribution is -2.48. The molecule has 38 heavy (non-hydrogen) atoms. The van der Waals surface area contributed by atoms with Crippen LogP contribution in [0.5, 0.6) is 0 Å². The summed E-state index contributed by atoms with van der Waals surface area (Å²) in [5.41, 5.74) is 2.29. The van der Waals surface area contributed by atoms with Crippen LogP contribution >= 0.6 is 11.6 Å². The number of carbonyl (C=O) groups is 3. The highest BCUT2D eigenvalue weighted by atomic mass is 35.5. The number of anilines is 1. The van der Waals surface area contributed by atoms with E-state index in [9.17, 15) is 14.4 Å². The highest BCUT2D eigenvalue weighted by molar-refractivity contribution is 6.32. The third-order valence-corrected chi connectivity index (χ3v) is 8.48. The standard InChI is InChI=1S/C33H22ClNO3/c34-23-13-8-12-22(19-23)28-29(30(36)21-10-2-1-3-11-21)35-26-16-7-4-9-20(26)17-18-27(35)33(28)31(37)24-14-5-6-15-25(24)32(33)38/h1-19,27-29H. The lowest BCUT2D eigenvalue weighted by atomic mass is 9.64. The van der Waals surface area contributed by atoms with Crippen molar-refractivity contribution in [1.82, 2.24) is 0 Å². The van der Waals surface area contributed by atoms with Gasteiger partial charge in [0.15, 0.2) is 17.3 Å². The number of benzene rings is 4. The maximum atomic E-state index is 14.5. The van der Waals surface area contributed by atoms with Crippen LogP contribution in [0.2, 0.25) is 5.02 Å². The molecular weight excluding hydrogens is 494 g/mol. The molecule has 0 aromatic heterocycles. The average Bonchev–Trinajstić information content (AvgIpc) is 3.39. The summed E-state index contributed by atoms with van der Waals surface area (Å²) in [4.78, 5) is 45.6. The van der Waals surface area contributed by atoms with Gasteiger partial charge in [-0.05, 0) is 29.3 Å². The van der Waals surface area contributed by atoms with Gasteiger partial charge in [-0.25, -0.2) is 0 Å². The summed E-state index contributed by atoms with van der Waals surface area (Å²) in [6.45, 7) is 0. The van der Waals surface area contributed by atoms with E-state index in [1.165, 1.54) is 0 Å². The molecule has 1 aliphatic carbocycles. The first kappa shape index (κ1) is 22.9. The molecule has 7 rings (SSSR count). The van der Waals surface area contributed by atoms with Crippen LogP contribution < -0.4 is 4.90 Å². The molecule has 0 saturated carbocycles. The number of Topliss-reactive ketones (excluding diaryl/α,β-unsaturated/α-hetero) is 3. The second kappa shape index (κ2) is 8.37. The number of halogens is 1. The molecule has 3 atom stereocenters. The molecule has 184 valence electrons. The molecule has 3 aliphatic rings. The first-order valence-electron chi connectivity index (χ1n) is 12.6. The molecule has 4 aromatic rings. The molecule has 5 heteroatoms. The molecule has 0 radical (unpaired) electrons. The smallest absolute Gasteiger partial charge is 0.185 e. The van der Waals surface area contributed by atoms with Gasteiger partial charge < -0.3 is 4.90 Å². The highest BCUT2D eigenvalue weighted by Crippen LogP contribution is 2.61. The maximum absolute atomic E-state index is 14.5. The molecule has 4 aromatic carbocycles. The number of carbonyl (C=O) groups excluding carboxylic acids is 3. The van der Waals surface area contributed by atoms with Gasteiger partial charge in [0.05, 0.1) is 6.04 Å². The Bertz CT molecular complexity index is 1640. The van der Waals surface area contributed by atoms with Crippen molar-refractivity contribution in [2.75, 3.05) is 4.90 Å². The largest absolute Gasteiger partial charge is 0.352 e. The zero-order valence-corrected chi connectivity index (χ0v) is 21.0. The molecule has 2 aliphatic heterocycles. The molecule has 4 nitrogen and oxygen atoms in total. The number of hydrogen-bond donors (Lipinski definition) is 0. The third-order valence-electron chi connectivity index (χ3n) is 8.25. The van der Waals surface area contributed by atoms with Crippen molar-refractivity contribution in [3.05, 3.63) is 142 Å². The molecule has 1 fully saturated rings. The van der Waals surface area contributed by atoms with Gasteiger partial charge in [-0.2, -0.15) is 0 Å². The second-order valence-corrected chi connectivity index (χ2v) is 10.5. The van der Waals surface area contributed by atoms with Crippen LogP contribution in [0.1, 0.15) is 48.1 Å². The van der Waals surface area contributed by atoms with E-state index in [2.05, 4.69) is 0 Å². The predicted molar refractivity (Wildman–Crippen MR) is 148 cm³/mol. The minimum absolute atomic E-state index is 0.140. The molecule has 0 amide bonds. The Morgan fingerprint density at radius 2 is 1.42 bits per heavy atom. The van der Waals surface area contributed by atoms with Gasteiger partial charge in [-0.15, -0.1) is 0 Å². The zero-order chi connectivity index (χ0) is 26.0. The Hall–Kier alpha value is -4.28. The number of rotatable bonds is 3. The van der Waals surface area contributed by atoms with E-state index in [1.807, 2.05) is 71.6 Å². The van der Waals surface area contributed by atoms with Crippen molar-refractivity contribution >= 4 is 40.7 Å². The van der Waals surface area contributed by atoms with Crippen molar-refractivity contribution in [2.45, 2.75) is 18.0 Å². The summed E-state index contributed by atoms with van der Waals surface area (Å²) in [5, 5.41) is 0.486. The monoisotopic (exact) mass is 515 g/mol. The lowest BCUT2D eigenvalue weighted by molar-refractivity contribution is 0.0666. The van der Waals surface area contributed by atoms with E-state index in [4.69, 9.17) is 11.6 Å². The molecule has 1 saturated heterocycles. The molecule has 1 spiro atoms. The van der Waals surface area contributed by atoms with Crippen LogP contribution in [-0.4, -0.2) is 29.4 Å². The minimum atomic E-state index is -1.52. The Kier molecular flexibility index (Phi) is 5.04. The van der Waals surface area contributed by atoms with Crippen LogP contribution in [-0.2, 0) is 0 Å². The Morgan fingerprint density at radius 3 is 2.13 bits per heavy atom. The molecule has 0 N–H and O–H groups in total.